The van der Waals surface area contributed by atoms with E-state index >= 15 is 0 Å². The Hall–Kier alpha value is -2.12. The van der Waals surface area contributed by atoms with Crippen molar-refractivity contribution in [2.75, 3.05) is 17.7 Å². The lowest BCUT2D eigenvalue weighted by atomic mass is 10.2. The van der Waals surface area contributed by atoms with Crippen molar-refractivity contribution in [3.8, 4) is 5.75 Å². The van der Waals surface area contributed by atoms with Gasteiger partial charge in [-0.05, 0) is 50.8 Å². The van der Waals surface area contributed by atoms with Gasteiger partial charge in [-0.1, -0.05) is 23.9 Å². The van der Waals surface area contributed by atoms with Gasteiger partial charge in [-0.25, -0.2) is 9.97 Å². The Morgan fingerprint density at radius 1 is 1.30 bits per heavy atom. The number of carbonyl (C=O) groups is 1. The normalized spacial score (nSPS) is 13.0. The van der Waals surface area contributed by atoms with E-state index in [1.54, 1.807) is 11.3 Å². The lowest BCUT2D eigenvalue weighted by Crippen LogP contribution is -2.15. The summed E-state index contributed by atoms with van der Waals surface area (Å²) in [5.41, 5.74) is 2.09. The molecule has 1 aromatic carbocycles. The van der Waals surface area contributed by atoms with Crippen molar-refractivity contribution in [2.24, 2.45) is 0 Å². The van der Waals surface area contributed by atoms with Crippen molar-refractivity contribution >= 4 is 44.9 Å². The first-order valence-corrected chi connectivity index (χ1v) is 10.9. The second-order valence-electron chi connectivity index (χ2n) is 6.38. The number of hydrogen-bond acceptors (Lipinski definition) is 6. The Balaban J connectivity index is 1.51. The third-order valence-electron chi connectivity index (χ3n) is 4.44. The number of ether oxygens (including phenoxy) is 1. The average Bonchev–Trinajstić information content (AvgIpc) is 3.22. The zero-order valence-corrected chi connectivity index (χ0v) is 17.0. The third kappa shape index (κ3) is 3.80. The molecule has 0 fully saturated rings. The van der Waals surface area contributed by atoms with Gasteiger partial charge in [0, 0.05) is 10.3 Å². The fourth-order valence-corrected chi connectivity index (χ4v) is 5.61. The molecule has 1 N–H and O–H groups in total. The van der Waals surface area contributed by atoms with Crippen molar-refractivity contribution in [1.82, 2.24) is 9.97 Å². The molecule has 0 aliphatic heterocycles. The largest absolute Gasteiger partial charge is 0.492 e. The van der Waals surface area contributed by atoms with Crippen LogP contribution >= 0.6 is 23.1 Å². The highest BCUT2D eigenvalue weighted by molar-refractivity contribution is 8.00. The first kappa shape index (κ1) is 18.3. The molecule has 0 atom stereocenters. The minimum Gasteiger partial charge on any atom is -0.492 e. The van der Waals surface area contributed by atoms with Crippen LogP contribution in [-0.4, -0.2) is 28.2 Å². The number of para-hydroxylation sites is 2. The fourth-order valence-electron chi connectivity index (χ4n) is 3.34. The number of thioether (sulfide) groups is 1. The van der Waals surface area contributed by atoms with Gasteiger partial charge in [0.1, 0.15) is 21.4 Å². The molecule has 0 saturated carbocycles. The number of amides is 1. The molecule has 2 aromatic heterocycles. The molecule has 0 saturated heterocycles. The molecule has 0 spiro atoms. The van der Waals surface area contributed by atoms with E-state index in [-0.39, 0.29) is 5.91 Å². The summed E-state index contributed by atoms with van der Waals surface area (Å²) in [5, 5.41) is 5.03. The zero-order chi connectivity index (χ0) is 18.8. The van der Waals surface area contributed by atoms with Crippen LogP contribution in [0.5, 0.6) is 5.75 Å². The van der Waals surface area contributed by atoms with E-state index in [2.05, 4.69) is 15.3 Å². The summed E-state index contributed by atoms with van der Waals surface area (Å²) in [5.74, 6) is 1.68. The average molecular weight is 400 g/mol. The number of nitrogens with zero attached hydrogens (tertiary/aromatic N) is 2. The number of hydrogen-bond donors (Lipinski definition) is 1. The Labute approximate surface area is 166 Å². The predicted octanol–water partition coefficient (Wildman–Crippen LogP) is 4.62. The van der Waals surface area contributed by atoms with Crippen molar-refractivity contribution in [3.05, 3.63) is 40.5 Å². The molecule has 140 valence electrons. The Kier molecular flexibility index (Phi) is 5.31. The van der Waals surface area contributed by atoms with Crippen LogP contribution < -0.4 is 10.1 Å². The summed E-state index contributed by atoms with van der Waals surface area (Å²) in [6.45, 7) is 4.40. The molecule has 1 aliphatic rings. The van der Waals surface area contributed by atoms with Crippen LogP contribution in [0.4, 0.5) is 5.69 Å². The highest BCUT2D eigenvalue weighted by Gasteiger charge is 2.22. The SMILES string of the molecule is CCOc1ccccc1NC(=O)CSc1nc(C)nc2sc3c(c12)CCC3. The lowest BCUT2D eigenvalue weighted by Gasteiger charge is -2.11. The van der Waals surface area contributed by atoms with Gasteiger partial charge in [0.05, 0.1) is 18.0 Å². The molecule has 0 bridgehead atoms. The number of anilines is 1. The molecule has 1 amide bonds. The summed E-state index contributed by atoms with van der Waals surface area (Å²) in [7, 11) is 0. The predicted molar refractivity (Wildman–Crippen MR) is 111 cm³/mol. The lowest BCUT2D eigenvalue weighted by molar-refractivity contribution is -0.113. The third-order valence-corrected chi connectivity index (χ3v) is 6.61. The number of rotatable bonds is 6. The van der Waals surface area contributed by atoms with E-state index in [9.17, 15) is 4.79 Å². The van der Waals surface area contributed by atoms with E-state index in [0.29, 0.717) is 23.8 Å². The highest BCUT2D eigenvalue weighted by atomic mass is 32.2. The summed E-state index contributed by atoms with van der Waals surface area (Å²) in [6.07, 6.45) is 3.42. The van der Waals surface area contributed by atoms with E-state index in [1.807, 2.05) is 38.1 Å². The van der Waals surface area contributed by atoms with Gasteiger partial charge in [0.15, 0.2) is 0 Å². The van der Waals surface area contributed by atoms with E-state index in [0.717, 1.165) is 33.9 Å². The van der Waals surface area contributed by atoms with Crippen LogP contribution in [0.15, 0.2) is 29.3 Å². The number of fused-ring (bicyclic) bond motifs is 3. The first-order valence-electron chi connectivity index (χ1n) is 9.09. The number of aryl methyl sites for hydroxylation is 3. The molecule has 27 heavy (non-hydrogen) atoms. The minimum atomic E-state index is -0.0663. The van der Waals surface area contributed by atoms with Crippen LogP contribution in [0.1, 0.15) is 29.6 Å². The van der Waals surface area contributed by atoms with Gasteiger partial charge in [0.2, 0.25) is 5.91 Å². The molecular weight excluding hydrogens is 378 g/mol. The summed E-state index contributed by atoms with van der Waals surface area (Å²) in [6, 6.07) is 7.49. The first-order chi connectivity index (χ1) is 13.2. The van der Waals surface area contributed by atoms with Gasteiger partial charge in [-0.3, -0.25) is 4.79 Å². The van der Waals surface area contributed by atoms with E-state index < -0.39 is 0 Å². The quantitative estimate of drug-likeness (QED) is 0.484. The van der Waals surface area contributed by atoms with Gasteiger partial charge < -0.3 is 10.1 Å². The van der Waals surface area contributed by atoms with E-state index in [1.165, 1.54) is 28.6 Å². The Bertz CT molecular complexity index is 1000. The van der Waals surface area contributed by atoms with Crippen molar-refractivity contribution in [2.45, 2.75) is 38.1 Å². The van der Waals surface area contributed by atoms with Crippen LogP contribution in [0.2, 0.25) is 0 Å². The van der Waals surface area contributed by atoms with Gasteiger partial charge in [0.25, 0.3) is 0 Å². The second kappa shape index (κ2) is 7.86. The smallest absolute Gasteiger partial charge is 0.234 e. The van der Waals surface area contributed by atoms with Crippen molar-refractivity contribution in [1.29, 1.82) is 0 Å². The molecule has 4 rings (SSSR count). The number of benzene rings is 1. The fraction of sp³-hybridized carbons (Fsp3) is 0.350. The molecule has 0 unspecified atom stereocenters. The summed E-state index contributed by atoms with van der Waals surface area (Å²) in [4.78, 5) is 24.2. The maximum Gasteiger partial charge on any atom is 0.234 e. The van der Waals surface area contributed by atoms with Crippen LogP contribution in [-0.2, 0) is 17.6 Å². The number of carbonyl (C=O) groups excluding carboxylic acids is 1. The van der Waals surface area contributed by atoms with E-state index in [4.69, 9.17) is 4.74 Å². The summed E-state index contributed by atoms with van der Waals surface area (Å²) >= 11 is 3.26. The highest BCUT2D eigenvalue weighted by Crippen LogP contribution is 2.40. The van der Waals surface area contributed by atoms with Crippen molar-refractivity contribution < 1.29 is 9.53 Å². The Morgan fingerprint density at radius 3 is 3.00 bits per heavy atom. The second-order valence-corrected chi connectivity index (χ2v) is 8.43. The molecule has 0 radical (unpaired) electrons. The minimum absolute atomic E-state index is 0.0663. The van der Waals surface area contributed by atoms with Gasteiger partial charge in [-0.15, -0.1) is 11.3 Å². The van der Waals surface area contributed by atoms with Crippen LogP contribution in [0.3, 0.4) is 0 Å². The molecule has 2 heterocycles. The zero-order valence-electron chi connectivity index (χ0n) is 15.4. The van der Waals surface area contributed by atoms with Crippen LogP contribution in [0, 0.1) is 6.92 Å². The monoisotopic (exact) mass is 399 g/mol. The number of thiophene rings is 1. The standard InChI is InChI=1S/C20H21N3O2S2/c1-3-25-15-9-5-4-8-14(15)23-17(24)11-26-19-18-13-7-6-10-16(13)27-20(18)22-12(2)21-19/h4-5,8-9H,3,6-7,10-11H2,1-2H3,(H,23,24). The topological polar surface area (TPSA) is 64.1 Å². The van der Waals surface area contributed by atoms with Gasteiger partial charge >= 0.3 is 0 Å². The number of nitrogens with one attached hydrogen (secondary N) is 1. The number of aromatic nitrogens is 2. The molecule has 1 aliphatic carbocycles. The molecule has 5 nitrogen and oxygen atoms in total. The van der Waals surface area contributed by atoms with Gasteiger partial charge in [-0.2, -0.15) is 0 Å². The maximum absolute atomic E-state index is 12.5. The molecule has 7 heteroatoms. The molecule has 3 aromatic rings. The Morgan fingerprint density at radius 2 is 2.15 bits per heavy atom. The summed E-state index contributed by atoms with van der Waals surface area (Å²) < 4.78 is 5.57. The molecular formula is C20H21N3O2S2. The van der Waals surface area contributed by atoms with Crippen LogP contribution in [0.25, 0.3) is 10.2 Å². The maximum atomic E-state index is 12.5. The van der Waals surface area contributed by atoms with Crippen molar-refractivity contribution in [3.63, 3.8) is 0 Å².